The monoisotopic (exact) mass is 179 g/mol. The predicted octanol–water partition coefficient (Wildman–Crippen LogP) is 1.15. The van der Waals surface area contributed by atoms with E-state index in [1.54, 1.807) is 18.3 Å². The zero-order valence-electron chi connectivity index (χ0n) is 7.74. The number of pyridine rings is 1. The Morgan fingerprint density at radius 2 is 2.31 bits per heavy atom. The molecule has 0 atom stereocenters. The van der Waals surface area contributed by atoms with Gasteiger partial charge < -0.3 is 10.5 Å². The number of nitrogens with one attached hydrogen (secondary N) is 1. The summed E-state index contributed by atoms with van der Waals surface area (Å²) in [7, 11) is 0. The van der Waals surface area contributed by atoms with E-state index in [-0.39, 0.29) is 11.9 Å². The van der Waals surface area contributed by atoms with E-state index in [9.17, 15) is 0 Å². The molecule has 13 heavy (non-hydrogen) atoms. The molecule has 0 radical (unpaired) electrons. The van der Waals surface area contributed by atoms with Gasteiger partial charge >= 0.3 is 0 Å². The van der Waals surface area contributed by atoms with Crippen LogP contribution in [0.3, 0.4) is 0 Å². The van der Waals surface area contributed by atoms with Gasteiger partial charge in [0.2, 0.25) is 5.88 Å². The van der Waals surface area contributed by atoms with Gasteiger partial charge in [-0.15, -0.1) is 0 Å². The number of hydrogen-bond donors (Lipinski definition) is 2. The fourth-order valence-corrected chi connectivity index (χ4v) is 0.913. The van der Waals surface area contributed by atoms with Gasteiger partial charge in [0.15, 0.2) is 0 Å². The SMILES string of the molecule is CC(C)Oc1ncccc1C(=N)N. The van der Waals surface area contributed by atoms with Crippen molar-refractivity contribution in [1.29, 1.82) is 5.41 Å². The van der Waals surface area contributed by atoms with Crippen LogP contribution in [0.1, 0.15) is 19.4 Å². The zero-order chi connectivity index (χ0) is 9.84. The number of nitrogens with zero attached hydrogens (tertiary/aromatic N) is 1. The maximum atomic E-state index is 7.28. The molecule has 1 aromatic heterocycles. The van der Waals surface area contributed by atoms with Crippen molar-refractivity contribution in [3.63, 3.8) is 0 Å². The van der Waals surface area contributed by atoms with Crippen LogP contribution in [-0.4, -0.2) is 16.9 Å². The highest BCUT2D eigenvalue weighted by atomic mass is 16.5. The molecule has 0 aromatic carbocycles. The first-order valence-corrected chi connectivity index (χ1v) is 4.07. The fourth-order valence-electron chi connectivity index (χ4n) is 0.913. The average Bonchev–Trinajstić information content (AvgIpc) is 2.03. The second-order valence-corrected chi connectivity index (χ2v) is 2.94. The van der Waals surface area contributed by atoms with E-state index in [0.29, 0.717) is 11.4 Å². The molecule has 3 N–H and O–H groups in total. The Balaban J connectivity index is 2.98. The molecule has 0 unspecified atom stereocenters. The van der Waals surface area contributed by atoms with Gasteiger partial charge in [-0.05, 0) is 26.0 Å². The zero-order valence-corrected chi connectivity index (χ0v) is 7.74. The molecule has 0 aliphatic heterocycles. The summed E-state index contributed by atoms with van der Waals surface area (Å²) in [5.74, 6) is 0.397. The van der Waals surface area contributed by atoms with Gasteiger partial charge in [-0.25, -0.2) is 4.98 Å². The van der Waals surface area contributed by atoms with Crippen molar-refractivity contribution in [1.82, 2.24) is 4.98 Å². The maximum absolute atomic E-state index is 7.28. The maximum Gasteiger partial charge on any atom is 0.224 e. The van der Waals surface area contributed by atoms with E-state index in [1.165, 1.54) is 0 Å². The molecule has 1 rings (SSSR count). The molecule has 0 amide bonds. The first kappa shape index (κ1) is 9.51. The third-order valence-electron chi connectivity index (χ3n) is 1.41. The van der Waals surface area contributed by atoms with Gasteiger partial charge in [0.1, 0.15) is 5.84 Å². The lowest BCUT2D eigenvalue weighted by Gasteiger charge is -2.11. The highest BCUT2D eigenvalue weighted by Crippen LogP contribution is 2.14. The van der Waals surface area contributed by atoms with Crippen molar-refractivity contribution in [2.45, 2.75) is 20.0 Å². The topological polar surface area (TPSA) is 72.0 Å². The molecule has 4 nitrogen and oxygen atoms in total. The number of nitrogen functional groups attached to an aromatic ring is 1. The summed E-state index contributed by atoms with van der Waals surface area (Å²) in [4.78, 5) is 4.00. The lowest BCUT2D eigenvalue weighted by atomic mass is 10.2. The third-order valence-corrected chi connectivity index (χ3v) is 1.41. The fraction of sp³-hybridized carbons (Fsp3) is 0.333. The Morgan fingerprint density at radius 1 is 1.62 bits per heavy atom. The van der Waals surface area contributed by atoms with Crippen LogP contribution in [0.15, 0.2) is 18.3 Å². The summed E-state index contributed by atoms with van der Waals surface area (Å²) in [6, 6.07) is 3.44. The molecule has 1 aromatic rings. The Bertz CT molecular complexity index is 309. The molecule has 0 saturated heterocycles. The number of nitrogens with two attached hydrogens (primary N) is 1. The summed E-state index contributed by atoms with van der Waals surface area (Å²) in [5, 5.41) is 7.28. The summed E-state index contributed by atoms with van der Waals surface area (Å²) in [6.45, 7) is 3.80. The van der Waals surface area contributed by atoms with Gasteiger partial charge in [-0.1, -0.05) is 0 Å². The molecule has 70 valence electrons. The molecule has 0 fully saturated rings. The standard InChI is InChI=1S/C9H13N3O/c1-6(2)13-9-7(8(10)11)4-3-5-12-9/h3-6H,1-2H3,(H3,10,11). The van der Waals surface area contributed by atoms with Crippen LogP contribution in [0.25, 0.3) is 0 Å². The van der Waals surface area contributed by atoms with Crippen molar-refractivity contribution >= 4 is 5.84 Å². The highest BCUT2D eigenvalue weighted by molar-refractivity contribution is 5.96. The van der Waals surface area contributed by atoms with Gasteiger partial charge in [-0.3, -0.25) is 5.41 Å². The van der Waals surface area contributed by atoms with Crippen LogP contribution in [0.2, 0.25) is 0 Å². The van der Waals surface area contributed by atoms with Crippen molar-refractivity contribution in [3.05, 3.63) is 23.9 Å². The van der Waals surface area contributed by atoms with Gasteiger partial charge in [0, 0.05) is 6.20 Å². The van der Waals surface area contributed by atoms with Gasteiger partial charge in [0.05, 0.1) is 11.7 Å². The first-order chi connectivity index (χ1) is 6.11. The minimum Gasteiger partial charge on any atom is -0.474 e. The van der Waals surface area contributed by atoms with Crippen LogP contribution < -0.4 is 10.5 Å². The van der Waals surface area contributed by atoms with E-state index in [4.69, 9.17) is 15.9 Å². The first-order valence-electron chi connectivity index (χ1n) is 4.07. The van der Waals surface area contributed by atoms with E-state index in [1.807, 2.05) is 13.8 Å². The van der Waals surface area contributed by atoms with Crippen LogP contribution in [-0.2, 0) is 0 Å². The van der Waals surface area contributed by atoms with Crippen molar-refractivity contribution in [3.8, 4) is 5.88 Å². The van der Waals surface area contributed by atoms with Gasteiger partial charge in [-0.2, -0.15) is 0 Å². The second kappa shape index (κ2) is 3.89. The van der Waals surface area contributed by atoms with Crippen LogP contribution in [0, 0.1) is 5.41 Å². The summed E-state index contributed by atoms with van der Waals surface area (Å²) < 4.78 is 5.37. The molecule has 0 bridgehead atoms. The van der Waals surface area contributed by atoms with E-state index >= 15 is 0 Å². The molecular weight excluding hydrogens is 166 g/mol. The number of hydrogen-bond acceptors (Lipinski definition) is 3. The van der Waals surface area contributed by atoms with E-state index in [2.05, 4.69) is 4.98 Å². The molecular formula is C9H13N3O. The van der Waals surface area contributed by atoms with E-state index in [0.717, 1.165) is 0 Å². The number of rotatable bonds is 3. The van der Waals surface area contributed by atoms with Crippen LogP contribution >= 0.6 is 0 Å². The number of aromatic nitrogens is 1. The minimum absolute atomic E-state index is 0.0243. The Morgan fingerprint density at radius 3 is 2.85 bits per heavy atom. The van der Waals surface area contributed by atoms with Gasteiger partial charge in [0.25, 0.3) is 0 Å². The molecule has 0 saturated carbocycles. The van der Waals surface area contributed by atoms with Crippen molar-refractivity contribution in [2.24, 2.45) is 5.73 Å². The molecule has 0 spiro atoms. The normalized spacial score (nSPS) is 10.1. The Hall–Kier alpha value is -1.58. The second-order valence-electron chi connectivity index (χ2n) is 2.94. The molecule has 1 heterocycles. The van der Waals surface area contributed by atoms with Crippen molar-refractivity contribution in [2.75, 3.05) is 0 Å². The average molecular weight is 179 g/mol. The summed E-state index contributed by atoms with van der Waals surface area (Å²) in [5.41, 5.74) is 5.89. The molecule has 0 aliphatic rings. The summed E-state index contributed by atoms with van der Waals surface area (Å²) in [6.07, 6.45) is 1.65. The predicted molar refractivity (Wildman–Crippen MR) is 51.0 cm³/mol. The number of amidine groups is 1. The minimum atomic E-state index is -0.0243. The quantitative estimate of drug-likeness (QED) is 0.540. The van der Waals surface area contributed by atoms with Crippen LogP contribution in [0.5, 0.6) is 5.88 Å². The Kier molecular flexibility index (Phi) is 2.84. The van der Waals surface area contributed by atoms with Crippen LogP contribution in [0.4, 0.5) is 0 Å². The largest absolute Gasteiger partial charge is 0.474 e. The van der Waals surface area contributed by atoms with Crippen molar-refractivity contribution < 1.29 is 4.74 Å². The molecule has 4 heteroatoms. The lowest BCUT2D eigenvalue weighted by molar-refractivity contribution is 0.232. The third kappa shape index (κ3) is 2.43. The highest BCUT2D eigenvalue weighted by Gasteiger charge is 2.07. The number of ether oxygens (including phenoxy) is 1. The van der Waals surface area contributed by atoms with E-state index < -0.39 is 0 Å². The smallest absolute Gasteiger partial charge is 0.224 e. The Labute approximate surface area is 77.2 Å². The lowest BCUT2D eigenvalue weighted by Crippen LogP contribution is -2.16. The molecule has 0 aliphatic carbocycles. The summed E-state index contributed by atoms with van der Waals surface area (Å²) >= 11 is 0.